The van der Waals surface area contributed by atoms with E-state index in [0.29, 0.717) is 24.8 Å². The van der Waals surface area contributed by atoms with E-state index >= 15 is 0 Å². The summed E-state index contributed by atoms with van der Waals surface area (Å²) in [6.07, 6.45) is 6.48. The minimum absolute atomic E-state index is 0.0174. The number of likely N-dealkylation sites (tertiary alicyclic amines) is 1. The monoisotopic (exact) mass is 515 g/mol. The van der Waals surface area contributed by atoms with Gasteiger partial charge in [-0.25, -0.2) is 0 Å². The number of amides is 2. The molecule has 2 saturated heterocycles. The summed E-state index contributed by atoms with van der Waals surface area (Å²) in [5.41, 5.74) is 0.795. The Bertz CT molecular complexity index is 868. The van der Waals surface area contributed by atoms with E-state index in [1.54, 1.807) is 0 Å². The first kappa shape index (κ1) is 27.5. The highest BCUT2D eigenvalue weighted by molar-refractivity contribution is 7.99. The Morgan fingerprint density at radius 1 is 1.08 bits per heavy atom. The molecule has 0 unspecified atom stereocenters. The summed E-state index contributed by atoms with van der Waals surface area (Å²) >= 11 is 1.82. The molecule has 1 aliphatic carbocycles. The molecule has 1 aromatic carbocycles. The SMILES string of the molecule is CC(C)(C)NC(=O)[C@@H]1C[C@@H]2CCCC[C@@H]2CN1C[C@@H](O)[C@H](Cc1ccccc1)NC(=O)[C@H]1CCSC1. The fraction of sp³-hybridized carbons (Fsp3) is 0.724. The van der Waals surface area contributed by atoms with Gasteiger partial charge in [-0.3, -0.25) is 14.5 Å². The highest BCUT2D eigenvalue weighted by atomic mass is 32.2. The standard InChI is InChI=1S/C29H45N3O3S/c1-29(2,3)31-28(35)25-16-21-11-7-8-12-22(21)17-32(25)18-26(33)24(15-20-9-5-4-6-10-20)30-27(34)23-13-14-36-19-23/h4-6,9-10,21-26,33H,7-8,11-19H2,1-3H3,(H,30,34)(H,31,35)/t21-,22+,23-,24-,25-,26+/m0/s1. The van der Waals surface area contributed by atoms with Gasteiger partial charge in [0, 0.05) is 30.3 Å². The number of rotatable bonds is 8. The van der Waals surface area contributed by atoms with Gasteiger partial charge in [0.15, 0.2) is 0 Å². The summed E-state index contributed by atoms with van der Waals surface area (Å²) in [4.78, 5) is 28.6. The number of nitrogens with zero attached hydrogens (tertiary/aromatic N) is 1. The van der Waals surface area contributed by atoms with Crippen LogP contribution in [0.2, 0.25) is 0 Å². The number of fused-ring (bicyclic) bond motifs is 1. The summed E-state index contributed by atoms with van der Waals surface area (Å²) in [6, 6.07) is 9.44. The van der Waals surface area contributed by atoms with Gasteiger partial charge in [0.05, 0.1) is 18.2 Å². The van der Waals surface area contributed by atoms with E-state index in [1.807, 2.05) is 62.9 Å². The van der Waals surface area contributed by atoms with Crippen molar-refractivity contribution in [3.05, 3.63) is 35.9 Å². The number of nitrogens with one attached hydrogen (secondary N) is 2. The van der Waals surface area contributed by atoms with Crippen molar-refractivity contribution < 1.29 is 14.7 Å². The van der Waals surface area contributed by atoms with Crippen LogP contribution in [0.4, 0.5) is 0 Å². The van der Waals surface area contributed by atoms with Gasteiger partial charge >= 0.3 is 0 Å². The number of aliphatic hydroxyl groups excluding tert-OH is 1. The molecule has 7 heteroatoms. The maximum Gasteiger partial charge on any atom is 0.237 e. The quantitative estimate of drug-likeness (QED) is 0.493. The van der Waals surface area contributed by atoms with Gasteiger partial charge in [-0.05, 0) is 69.6 Å². The molecule has 200 valence electrons. The van der Waals surface area contributed by atoms with Crippen LogP contribution in [0.15, 0.2) is 30.3 Å². The Balaban J connectivity index is 1.50. The van der Waals surface area contributed by atoms with Crippen molar-refractivity contribution in [1.82, 2.24) is 15.5 Å². The van der Waals surface area contributed by atoms with E-state index in [4.69, 9.17) is 0 Å². The Morgan fingerprint density at radius 3 is 2.47 bits per heavy atom. The topological polar surface area (TPSA) is 81.7 Å². The molecule has 6 nitrogen and oxygen atoms in total. The molecule has 3 N–H and O–H groups in total. The number of carbonyl (C=O) groups is 2. The fourth-order valence-electron chi connectivity index (χ4n) is 6.19. The maximum atomic E-state index is 13.4. The molecule has 2 heterocycles. The normalized spacial score (nSPS) is 28.7. The van der Waals surface area contributed by atoms with Crippen LogP contribution in [-0.2, 0) is 16.0 Å². The van der Waals surface area contributed by atoms with Gasteiger partial charge < -0.3 is 15.7 Å². The van der Waals surface area contributed by atoms with E-state index in [-0.39, 0.29) is 35.4 Å². The second kappa shape index (κ2) is 12.3. The molecule has 0 radical (unpaired) electrons. The molecule has 0 spiro atoms. The van der Waals surface area contributed by atoms with Crippen molar-refractivity contribution in [2.24, 2.45) is 17.8 Å². The minimum atomic E-state index is -0.756. The van der Waals surface area contributed by atoms with Crippen molar-refractivity contribution in [3.63, 3.8) is 0 Å². The van der Waals surface area contributed by atoms with Gasteiger partial charge in [0.2, 0.25) is 11.8 Å². The molecule has 2 aliphatic heterocycles. The van der Waals surface area contributed by atoms with Gasteiger partial charge in [-0.15, -0.1) is 0 Å². The summed E-state index contributed by atoms with van der Waals surface area (Å²) in [7, 11) is 0. The average molecular weight is 516 g/mol. The molecule has 4 rings (SSSR count). The zero-order valence-corrected chi connectivity index (χ0v) is 23.1. The van der Waals surface area contributed by atoms with Crippen LogP contribution < -0.4 is 10.6 Å². The van der Waals surface area contributed by atoms with Crippen LogP contribution >= 0.6 is 11.8 Å². The molecule has 2 amide bonds. The lowest BCUT2D eigenvalue weighted by atomic mass is 9.72. The third-order valence-electron chi connectivity index (χ3n) is 8.12. The highest BCUT2D eigenvalue weighted by Gasteiger charge is 2.42. The lowest BCUT2D eigenvalue weighted by Crippen LogP contribution is -2.60. The number of thioether (sulfide) groups is 1. The number of piperidine rings is 1. The van der Waals surface area contributed by atoms with E-state index < -0.39 is 6.10 Å². The van der Waals surface area contributed by atoms with Crippen LogP contribution in [0.1, 0.15) is 64.9 Å². The van der Waals surface area contributed by atoms with Crippen LogP contribution in [0.25, 0.3) is 0 Å². The van der Waals surface area contributed by atoms with Crippen LogP contribution in [0.5, 0.6) is 0 Å². The third kappa shape index (κ3) is 7.48. The Kier molecular flexibility index (Phi) is 9.40. The van der Waals surface area contributed by atoms with E-state index in [1.165, 1.54) is 25.7 Å². The second-order valence-electron chi connectivity index (χ2n) is 12.2. The molecular formula is C29H45N3O3S. The molecular weight excluding hydrogens is 470 g/mol. The lowest BCUT2D eigenvalue weighted by Gasteiger charge is -2.47. The Hall–Kier alpha value is -1.57. The smallest absolute Gasteiger partial charge is 0.237 e. The third-order valence-corrected chi connectivity index (χ3v) is 9.28. The molecule has 3 aliphatic rings. The minimum Gasteiger partial charge on any atom is -0.390 e. The van der Waals surface area contributed by atoms with Crippen LogP contribution in [0.3, 0.4) is 0 Å². The molecule has 1 saturated carbocycles. The first-order chi connectivity index (χ1) is 17.2. The predicted octanol–water partition coefficient (Wildman–Crippen LogP) is 3.62. The predicted molar refractivity (Wildman–Crippen MR) is 147 cm³/mol. The summed E-state index contributed by atoms with van der Waals surface area (Å²) in [5.74, 6) is 3.17. The van der Waals surface area contributed by atoms with Crippen LogP contribution in [-0.4, -0.2) is 70.1 Å². The average Bonchev–Trinajstić information content (AvgIpc) is 3.38. The molecule has 1 aromatic rings. The largest absolute Gasteiger partial charge is 0.390 e. The highest BCUT2D eigenvalue weighted by Crippen LogP contribution is 2.39. The van der Waals surface area contributed by atoms with Gasteiger partial charge in [-0.1, -0.05) is 49.6 Å². The van der Waals surface area contributed by atoms with E-state index in [9.17, 15) is 14.7 Å². The Labute approximate surface area is 221 Å². The van der Waals surface area contributed by atoms with Crippen molar-refractivity contribution in [2.75, 3.05) is 24.6 Å². The van der Waals surface area contributed by atoms with Crippen LogP contribution in [0, 0.1) is 17.8 Å². The summed E-state index contributed by atoms with van der Waals surface area (Å²) in [6.45, 7) is 7.28. The number of benzene rings is 1. The first-order valence-electron chi connectivity index (χ1n) is 13.9. The van der Waals surface area contributed by atoms with Crippen molar-refractivity contribution >= 4 is 23.6 Å². The first-order valence-corrected chi connectivity index (χ1v) is 15.0. The fourth-order valence-corrected chi connectivity index (χ4v) is 7.41. The van der Waals surface area contributed by atoms with Crippen molar-refractivity contribution in [2.45, 2.75) is 89.4 Å². The van der Waals surface area contributed by atoms with E-state index in [2.05, 4.69) is 15.5 Å². The Morgan fingerprint density at radius 2 is 1.81 bits per heavy atom. The number of hydrogen-bond donors (Lipinski definition) is 3. The number of carbonyl (C=O) groups excluding carboxylic acids is 2. The van der Waals surface area contributed by atoms with Gasteiger partial charge in [0.25, 0.3) is 0 Å². The molecule has 36 heavy (non-hydrogen) atoms. The zero-order chi connectivity index (χ0) is 25.7. The number of β-amino-alcohol motifs (C(OH)–C–C–N with tert-alkyl or cyclic N) is 1. The molecule has 6 atom stereocenters. The number of hydrogen-bond acceptors (Lipinski definition) is 5. The lowest BCUT2D eigenvalue weighted by molar-refractivity contribution is -0.133. The summed E-state index contributed by atoms with van der Waals surface area (Å²) in [5, 5.41) is 17.9. The van der Waals surface area contributed by atoms with Crippen molar-refractivity contribution in [1.29, 1.82) is 0 Å². The summed E-state index contributed by atoms with van der Waals surface area (Å²) < 4.78 is 0. The molecule has 3 fully saturated rings. The van der Waals surface area contributed by atoms with Crippen molar-refractivity contribution in [3.8, 4) is 0 Å². The van der Waals surface area contributed by atoms with Gasteiger partial charge in [0.1, 0.15) is 0 Å². The maximum absolute atomic E-state index is 13.4. The van der Waals surface area contributed by atoms with E-state index in [0.717, 1.165) is 36.5 Å². The second-order valence-corrected chi connectivity index (χ2v) is 13.3. The van der Waals surface area contributed by atoms with Gasteiger partial charge in [-0.2, -0.15) is 11.8 Å². The zero-order valence-electron chi connectivity index (χ0n) is 22.2. The number of aliphatic hydroxyl groups is 1. The molecule has 0 aromatic heterocycles. The molecule has 0 bridgehead atoms.